The van der Waals surface area contributed by atoms with E-state index >= 15 is 0 Å². The first-order valence-corrected chi connectivity index (χ1v) is 11.7. The van der Waals surface area contributed by atoms with Gasteiger partial charge in [0, 0.05) is 35.8 Å². The molecule has 3 aromatic rings. The van der Waals surface area contributed by atoms with Crippen LogP contribution in [-0.4, -0.2) is 30.3 Å². The van der Waals surface area contributed by atoms with E-state index in [-0.39, 0.29) is 18.5 Å². The van der Waals surface area contributed by atoms with Crippen molar-refractivity contribution >= 4 is 26.7 Å². The van der Waals surface area contributed by atoms with E-state index in [4.69, 9.17) is 0 Å². The first-order chi connectivity index (χ1) is 14.9. The minimum Gasteiger partial charge on any atom is -0.481 e. The van der Waals surface area contributed by atoms with Crippen LogP contribution in [0, 0.1) is 11.7 Å². The fourth-order valence-electron chi connectivity index (χ4n) is 4.36. The summed E-state index contributed by atoms with van der Waals surface area (Å²) < 4.78 is 80.6. The Labute approximate surface area is 181 Å². The molecule has 2 aromatic carbocycles. The fourth-order valence-corrected chi connectivity index (χ4v) is 5.01. The summed E-state index contributed by atoms with van der Waals surface area (Å²) in [6, 6.07) is 6.86. The van der Waals surface area contributed by atoms with Crippen LogP contribution in [0.5, 0.6) is 0 Å². The summed E-state index contributed by atoms with van der Waals surface area (Å²) in [6.07, 6.45) is -3.50. The zero-order valence-corrected chi connectivity index (χ0v) is 17.7. The third-order valence-electron chi connectivity index (χ3n) is 5.91. The van der Waals surface area contributed by atoms with Crippen molar-refractivity contribution in [3.63, 3.8) is 0 Å². The van der Waals surface area contributed by atoms with E-state index < -0.39 is 44.2 Å². The molecule has 5 nitrogen and oxygen atoms in total. The van der Waals surface area contributed by atoms with Crippen molar-refractivity contribution in [2.75, 3.05) is 6.26 Å². The molecule has 32 heavy (non-hydrogen) atoms. The van der Waals surface area contributed by atoms with Crippen molar-refractivity contribution in [2.45, 2.75) is 36.9 Å². The van der Waals surface area contributed by atoms with E-state index in [1.165, 1.54) is 18.2 Å². The first-order valence-electron chi connectivity index (χ1n) is 9.78. The number of halogens is 4. The maximum atomic E-state index is 14.0. The molecule has 0 fully saturated rings. The van der Waals surface area contributed by atoms with Crippen LogP contribution in [0.15, 0.2) is 41.3 Å². The zero-order chi connectivity index (χ0) is 23.4. The highest BCUT2D eigenvalue weighted by Gasteiger charge is 2.35. The third-order valence-corrected chi connectivity index (χ3v) is 7.02. The van der Waals surface area contributed by atoms with Gasteiger partial charge in [-0.15, -0.1) is 0 Å². The average Bonchev–Trinajstić information content (AvgIpc) is 2.99. The van der Waals surface area contributed by atoms with Crippen molar-refractivity contribution in [1.82, 2.24) is 4.57 Å². The van der Waals surface area contributed by atoms with Gasteiger partial charge in [0.2, 0.25) is 0 Å². The fraction of sp³-hybridized carbons (Fsp3) is 0.318. The molecule has 0 radical (unpaired) electrons. The van der Waals surface area contributed by atoms with Gasteiger partial charge in [-0.25, -0.2) is 12.8 Å². The van der Waals surface area contributed by atoms with Crippen molar-refractivity contribution in [3.8, 4) is 0 Å². The minimum atomic E-state index is -4.79. The Kier molecular flexibility index (Phi) is 5.31. The Morgan fingerprint density at radius 1 is 1.19 bits per heavy atom. The number of carboxylic acid groups (broad SMARTS) is 1. The Bertz CT molecular complexity index is 1340. The largest absolute Gasteiger partial charge is 0.481 e. The van der Waals surface area contributed by atoms with E-state index in [1.54, 1.807) is 4.57 Å². The van der Waals surface area contributed by atoms with Gasteiger partial charge < -0.3 is 9.67 Å². The topological polar surface area (TPSA) is 76.4 Å². The number of hydrogen-bond acceptors (Lipinski definition) is 3. The van der Waals surface area contributed by atoms with Crippen LogP contribution in [0.1, 0.15) is 28.8 Å². The lowest BCUT2D eigenvalue weighted by Crippen LogP contribution is -2.26. The molecule has 1 aliphatic rings. The summed E-state index contributed by atoms with van der Waals surface area (Å²) in [5.74, 6) is -2.16. The molecule has 1 atom stereocenters. The molecule has 10 heteroatoms. The number of carboxylic acids is 1. The predicted molar refractivity (Wildman–Crippen MR) is 109 cm³/mol. The predicted octanol–water partition coefficient (Wildman–Crippen LogP) is 4.44. The third kappa shape index (κ3) is 3.99. The number of rotatable bonds is 4. The summed E-state index contributed by atoms with van der Waals surface area (Å²) in [5.41, 5.74) is 0.516. The Morgan fingerprint density at radius 3 is 2.53 bits per heavy atom. The molecular formula is C22H19F4NO4S. The second-order valence-electron chi connectivity index (χ2n) is 8.04. The summed E-state index contributed by atoms with van der Waals surface area (Å²) in [5, 5.41) is 9.81. The lowest BCUT2D eigenvalue weighted by atomic mass is 9.93. The van der Waals surface area contributed by atoms with Gasteiger partial charge in [-0.1, -0.05) is 6.07 Å². The molecule has 1 aliphatic heterocycles. The van der Waals surface area contributed by atoms with Crippen molar-refractivity contribution in [3.05, 3.63) is 64.6 Å². The maximum absolute atomic E-state index is 14.0. The molecule has 170 valence electrons. The van der Waals surface area contributed by atoms with Gasteiger partial charge in [0.15, 0.2) is 9.84 Å². The molecule has 2 heterocycles. The first kappa shape index (κ1) is 22.3. The van der Waals surface area contributed by atoms with Crippen molar-refractivity contribution in [1.29, 1.82) is 0 Å². The van der Waals surface area contributed by atoms with Crippen LogP contribution in [0.3, 0.4) is 0 Å². The molecule has 1 N–H and O–H groups in total. The molecule has 0 amide bonds. The van der Waals surface area contributed by atoms with Crippen LogP contribution in [0.2, 0.25) is 0 Å². The number of aliphatic carboxylic acids is 1. The molecule has 0 spiro atoms. The number of carbonyl (C=O) groups is 1. The van der Waals surface area contributed by atoms with Gasteiger partial charge in [-0.05, 0) is 54.3 Å². The molecule has 4 rings (SSSR count). The van der Waals surface area contributed by atoms with Crippen molar-refractivity contribution < 1.29 is 35.9 Å². The lowest BCUT2D eigenvalue weighted by molar-refractivity contribution is -0.142. The van der Waals surface area contributed by atoms with E-state index in [9.17, 15) is 35.9 Å². The highest BCUT2D eigenvalue weighted by molar-refractivity contribution is 7.90. The monoisotopic (exact) mass is 469 g/mol. The van der Waals surface area contributed by atoms with Gasteiger partial charge in [-0.3, -0.25) is 4.79 Å². The molecule has 0 saturated heterocycles. The minimum absolute atomic E-state index is 0.134. The number of aromatic nitrogens is 1. The van der Waals surface area contributed by atoms with Gasteiger partial charge in [0.1, 0.15) is 5.82 Å². The lowest BCUT2D eigenvalue weighted by Gasteiger charge is -2.23. The van der Waals surface area contributed by atoms with E-state index in [0.29, 0.717) is 41.1 Å². The molecule has 0 saturated carbocycles. The van der Waals surface area contributed by atoms with E-state index in [2.05, 4.69) is 0 Å². The number of hydrogen-bond donors (Lipinski definition) is 1. The van der Waals surface area contributed by atoms with E-state index in [1.807, 2.05) is 0 Å². The summed E-state index contributed by atoms with van der Waals surface area (Å²) in [6.45, 7) is 0.145. The molecule has 0 bridgehead atoms. The highest BCUT2D eigenvalue weighted by atomic mass is 32.2. The smallest absolute Gasteiger partial charge is 0.416 e. The number of nitrogens with zero attached hydrogens (tertiary/aromatic N) is 1. The number of fused-ring (bicyclic) bond motifs is 3. The summed E-state index contributed by atoms with van der Waals surface area (Å²) >= 11 is 0. The van der Waals surface area contributed by atoms with E-state index in [0.717, 1.165) is 18.4 Å². The second-order valence-corrected chi connectivity index (χ2v) is 10.1. The Morgan fingerprint density at radius 2 is 1.91 bits per heavy atom. The van der Waals surface area contributed by atoms with Gasteiger partial charge in [0.05, 0.1) is 16.4 Å². The maximum Gasteiger partial charge on any atom is 0.416 e. The van der Waals surface area contributed by atoms with Crippen LogP contribution in [0.25, 0.3) is 10.9 Å². The van der Waals surface area contributed by atoms with Crippen LogP contribution < -0.4 is 0 Å². The van der Waals surface area contributed by atoms with Gasteiger partial charge >= 0.3 is 12.1 Å². The zero-order valence-electron chi connectivity index (χ0n) is 16.9. The summed E-state index contributed by atoms with van der Waals surface area (Å²) in [4.78, 5) is 11.0. The molecule has 1 unspecified atom stereocenters. The SMILES string of the molecule is CS(=O)(=O)c1ccc(Cc2c3n(c4ccc(F)cc24)CC(C(=O)O)CC3)c(C(F)(F)F)c1. The van der Waals surface area contributed by atoms with Crippen LogP contribution in [0.4, 0.5) is 17.6 Å². The van der Waals surface area contributed by atoms with Gasteiger partial charge in [-0.2, -0.15) is 13.2 Å². The standard InChI is InChI=1S/C22H19F4NO4S/c1-32(30,31)15-5-2-12(18(10-15)22(24,25)26)8-16-17-9-14(23)4-7-20(17)27-11-13(21(28)29)3-6-19(16)27/h2,4-5,7,9-10,13H,3,6,8,11H2,1H3,(H,28,29). The molecule has 0 aliphatic carbocycles. The number of benzene rings is 2. The molecule has 1 aromatic heterocycles. The second kappa shape index (κ2) is 7.61. The quantitative estimate of drug-likeness (QED) is 0.574. The Hall–Kier alpha value is -2.88. The average molecular weight is 469 g/mol. The van der Waals surface area contributed by atoms with Gasteiger partial charge in [0.25, 0.3) is 0 Å². The summed E-state index contributed by atoms with van der Waals surface area (Å²) in [7, 11) is -3.84. The number of alkyl halides is 3. The van der Waals surface area contributed by atoms with Crippen LogP contribution in [-0.2, 0) is 40.2 Å². The number of sulfone groups is 1. The van der Waals surface area contributed by atoms with Crippen molar-refractivity contribution in [2.24, 2.45) is 5.92 Å². The highest BCUT2D eigenvalue weighted by Crippen LogP contribution is 2.38. The Balaban J connectivity index is 1.89. The van der Waals surface area contributed by atoms with Crippen LogP contribution >= 0.6 is 0 Å². The molecular weight excluding hydrogens is 450 g/mol. The normalized spacial score (nSPS) is 16.8.